The van der Waals surface area contributed by atoms with Crippen molar-refractivity contribution in [3.05, 3.63) is 168 Å². The third kappa shape index (κ3) is 3.85. The van der Waals surface area contributed by atoms with E-state index in [0.29, 0.717) is 0 Å². The van der Waals surface area contributed by atoms with E-state index in [9.17, 15) is 0 Å². The van der Waals surface area contributed by atoms with Gasteiger partial charge in [-0.1, -0.05) is 133 Å². The smallest absolute Gasteiger partial charge is 0.124 e. The van der Waals surface area contributed by atoms with Crippen molar-refractivity contribution in [3.63, 3.8) is 0 Å². The van der Waals surface area contributed by atoms with Gasteiger partial charge in [0.25, 0.3) is 0 Å². The molecule has 0 heterocycles. The van der Waals surface area contributed by atoms with Crippen molar-refractivity contribution in [3.8, 4) is 5.75 Å². The number of rotatable bonds is 5. The quantitative estimate of drug-likeness (QED) is 0.246. The maximum absolute atomic E-state index is 7.23. The van der Waals surface area contributed by atoms with Crippen LogP contribution in [-0.2, 0) is 0 Å². The van der Waals surface area contributed by atoms with E-state index >= 15 is 0 Å². The van der Waals surface area contributed by atoms with E-state index in [1.165, 1.54) is 38.2 Å². The largest absolute Gasteiger partial charge is 0.468 e. The normalized spacial score (nSPS) is 12.7. The SMILES string of the molecule is C1=C(c2ccccc2)c2ccccc2C1=P(Oc1ccccc1)(c1ccccc1)c1ccccc1. The standard InChI is InChI=1S/C33H25OP/c1-5-15-26(16-6-1)32-25-33(31-24-14-13-23-30(31)32)35(28-19-9-3-10-20-28,29-21-11-4-12-22-29)34-27-17-7-2-8-18-27/h1-25H. The third-order valence-electron chi connectivity index (χ3n) is 6.42. The summed E-state index contributed by atoms with van der Waals surface area (Å²) in [5.74, 6) is 0.875. The summed E-state index contributed by atoms with van der Waals surface area (Å²) in [6.45, 7) is 0. The van der Waals surface area contributed by atoms with Crippen molar-refractivity contribution in [2.45, 2.75) is 0 Å². The number of allylic oxidation sites excluding steroid dienone is 1. The molecule has 6 rings (SSSR count). The van der Waals surface area contributed by atoms with Gasteiger partial charge >= 0.3 is 0 Å². The summed E-state index contributed by atoms with van der Waals surface area (Å²) in [6, 6.07) is 51.1. The maximum Gasteiger partial charge on any atom is 0.124 e. The third-order valence-corrected chi connectivity index (χ3v) is 10.0. The maximum atomic E-state index is 7.23. The Labute approximate surface area is 207 Å². The van der Waals surface area contributed by atoms with Gasteiger partial charge in [0.15, 0.2) is 0 Å². The zero-order valence-electron chi connectivity index (χ0n) is 19.3. The molecule has 5 aromatic carbocycles. The molecule has 1 aliphatic rings. The minimum atomic E-state index is -2.52. The Balaban J connectivity index is 1.77. The second-order valence-corrected chi connectivity index (χ2v) is 11.5. The highest BCUT2D eigenvalue weighted by molar-refractivity contribution is 7.86. The number of para-hydroxylation sites is 1. The van der Waals surface area contributed by atoms with E-state index in [-0.39, 0.29) is 0 Å². The fraction of sp³-hybridized carbons (Fsp3) is 0. The number of benzene rings is 5. The Kier molecular flexibility index (Phi) is 5.70. The molecule has 1 aliphatic carbocycles. The molecule has 2 heteroatoms. The zero-order chi connectivity index (χ0) is 23.5. The van der Waals surface area contributed by atoms with Gasteiger partial charge < -0.3 is 4.52 Å². The highest BCUT2D eigenvalue weighted by atomic mass is 31.2. The van der Waals surface area contributed by atoms with Crippen molar-refractivity contribution >= 4 is 28.6 Å². The van der Waals surface area contributed by atoms with Gasteiger partial charge in [0.2, 0.25) is 0 Å². The first kappa shape index (κ1) is 21.5. The van der Waals surface area contributed by atoms with Gasteiger partial charge in [-0.25, -0.2) is 0 Å². The van der Waals surface area contributed by atoms with Crippen LogP contribution in [0.25, 0.3) is 5.57 Å². The molecule has 0 aliphatic heterocycles. The molecule has 0 aromatic heterocycles. The van der Waals surface area contributed by atoms with Crippen molar-refractivity contribution in [1.29, 1.82) is 0 Å². The monoisotopic (exact) mass is 468 g/mol. The summed E-state index contributed by atoms with van der Waals surface area (Å²) in [5.41, 5.74) is 4.95. The molecular formula is C33H25OP. The first-order valence-corrected chi connectivity index (χ1v) is 13.6. The van der Waals surface area contributed by atoms with Gasteiger partial charge in [-0.15, -0.1) is 0 Å². The molecular weight excluding hydrogens is 443 g/mol. The molecule has 0 radical (unpaired) electrons. The molecule has 0 saturated heterocycles. The van der Waals surface area contributed by atoms with Crippen molar-refractivity contribution in [1.82, 2.24) is 0 Å². The fourth-order valence-electron chi connectivity index (χ4n) is 4.85. The Morgan fingerprint density at radius 2 is 0.886 bits per heavy atom. The zero-order valence-corrected chi connectivity index (χ0v) is 20.2. The first-order chi connectivity index (χ1) is 17.4. The van der Waals surface area contributed by atoms with Crippen LogP contribution >= 0.6 is 7.11 Å². The summed E-state index contributed by atoms with van der Waals surface area (Å²) in [6.07, 6.45) is 2.37. The average molecular weight is 469 g/mol. The Bertz CT molecular complexity index is 1490. The summed E-state index contributed by atoms with van der Waals surface area (Å²) < 4.78 is 7.23. The van der Waals surface area contributed by atoms with Gasteiger partial charge in [0.1, 0.15) is 12.9 Å². The van der Waals surface area contributed by atoms with E-state index < -0.39 is 7.11 Å². The second-order valence-electron chi connectivity index (χ2n) is 8.54. The molecule has 168 valence electrons. The van der Waals surface area contributed by atoms with Gasteiger partial charge in [0.05, 0.1) is 0 Å². The lowest BCUT2D eigenvalue weighted by Gasteiger charge is -2.31. The number of hydrogen-bond donors (Lipinski definition) is 0. The number of hydrogen-bond acceptors (Lipinski definition) is 1. The molecule has 0 unspecified atom stereocenters. The van der Waals surface area contributed by atoms with Crippen LogP contribution in [-0.4, -0.2) is 5.29 Å². The van der Waals surface area contributed by atoms with E-state index in [1.807, 2.05) is 18.2 Å². The molecule has 5 aromatic rings. The van der Waals surface area contributed by atoms with E-state index in [2.05, 4.69) is 133 Å². The lowest BCUT2D eigenvalue weighted by atomic mass is 9.99. The molecule has 0 saturated carbocycles. The van der Waals surface area contributed by atoms with Crippen LogP contribution in [0.5, 0.6) is 5.75 Å². The van der Waals surface area contributed by atoms with Gasteiger partial charge in [-0.2, -0.15) is 0 Å². The first-order valence-electron chi connectivity index (χ1n) is 11.9. The topological polar surface area (TPSA) is 9.23 Å². The molecule has 0 amide bonds. The minimum Gasteiger partial charge on any atom is -0.468 e. The van der Waals surface area contributed by atoms with Crippen LogP contribution in [0.15, 0.2) is 152 Å². The average Bonchev–Trinajstić information content (AvgIpc) is 3.34. The Morgan fingerprint density at radius 1 is 0.429 bits per heavy atom. The molecule has 0 spiro atoms. The van der Waals surface area contributed by atoms with Crippen LogP contribution in [0.1, 0.15) is 16.7 Å². The van der Waals surface area contributed by atoms with Crippen LogP contribution < -0.4 is 15.1 Å². The van der Waals surface area contributed by atoms with E-state index in [4.69, 9.17) is 4.52 Å². The molecule has 0 atom stereocenters. The summed E-state index contributed by atoms with van der Waals surface area (Å²) in [5, 5.41) is 3.64. The minimum absolute atomic E-state index is 0.875. The lowest BCUT2D eigenvalue weighted by Crippen LogP contribution is -2.25. The molecule has 35 heavy (non-hydrogen) atoms. The van der Waals surface area contributed by atoms with Crippen LogP contribution in [0.4, 0.5) is 0 Å². The van der Waals surface area contributed by atoms with Crippen molar-refractivity contribution in [2.24, 2.45) is 0 Å². The summed E-state index contributed by atoms with van der Waals surface area (Å²) >= 11 is 0. The second kappa shape index (κ2) is 9.29. The van der Waals surface area contributed by atoms with Crippen LogP contribution in [0.3, 0.4) is 0 Å². The molecule has 0 fully saturated rings. The van der Waals surface area contributed by atoms with Gasteiger partial charge in [-0.3, -0.25) is 0 Å². The number of fused-ring (bicyclic) bond motifs is 1. The predicted octanol–water partition coefficient (Wildman–Crippen LogP) is 7.32. The highest BCUT2D eigenvalue weighted by Crippen LogP contribution is 2.53. The van der Waals surface area contributed by atoms with Crippen LogP contribution in [0.2, 0.25) is 0 Å². The predicted molar refractivity (Wildman–Crippen MR) is 150 cm³/mol. The van der Waals surface area contributed by atoms with Gasteiger partial charge in [-0.05, 0) is 40.5 Å². The van der Waals surface area contributed by atoms with E-state index in [0.717, 1.165) is 5.75 Å². The van der Waals surface area contributed by atoms with E-state index in [1.54, 1.807) is 0 Å². The lowest BCUT2D eigenvalue weighted by molar-refractivity contribution is 0.626. The molecule has 1 nitrogen and oxygen atoms in total. The van der Waals surface area contributed by atoms with Crippen molar-refractivity contribution < 1.29 is 4.52 Å². The fourth-order valence-corrected chi connectivity index (χ4v) is 8.48. The Hall–Kier alpha value is -4.06. The Morgan fingerprint density at radius 3 is 1.46 bits per heavy atom. The van der Waals surface area contributed by atoms with Crippen molar-refractivity contribution in [2.75, 3.05) is 0 Å². The summed E-state index contributed by atoms with van der Waals surface area (Å²) in [4.78, 5) is 0. The highest BCUT2D eigenvalue weighted by Gasteiger charge is 2.34. The molecule has 0 bridgehead atoms. The van der Waals surface area contributed by atoms with Gasteiger partial charge in [0, 0.05) is 15.9 Å². The summed E-state index contributed by atoms with van der Waals surface area (Å²) in [7, 11) is -2.52. The van der Waals surface area contributed by atoms with Crippen LogP contribution in [0, 0.1) is 0 Å². The molecule has 0 N–H and O–H groups in total.